The largest absolute Gasteiger partial charge is 0.324 e. The van der Waals surface area contributed by atoms with Gasteiger partial charge in [-0.15, -0.1) is 0 Å². The predicted molar refractivity (Wildman–Crippen MR) is 80.1 cm³/mol. The molecule has 0 bridgehead atoms. The Morgan fingerprint density at radius 2 is 2.26 bits per heavy atom. The van der Waals surface area contributed by atoms with Crippen LogP contribution in [0.4, 0.5) is 5.69 Å². The van der Waals surface area contributed by atoms with Crippen molar-refractivity contribution in [1.82, 2.24) is 5.32 Å². The molecule has 4 heteroatoms. The van der Waals surface area contributed by atoms with Crippen LogP contribution in [0.5, 0.6) is 0 Å². The Kier molecular flexibility index (Phi) is 3.63. The van der Waals surface area contributed by atoms with Gasteiger partial charge in [-0.3, -0.25) is 4.79 Å². The van der Waals surface area contributed by atoms with Gasteiger partial charge in [0.15, 0.2) is 0 Å². The van der Waals surface area contributed by atoms with E-state index in [0.29, 0.717) is 11.8 Å². The lowest BCUT2D eigenvalue weighted by Crippen LogP contribution is -2.39. The molecule has 3 atom stereocenters. The minimum absolute atomic E-state index is 0.0140. The van der Waals surface area contributed by atoms with Gasteiger partial charge in [0.1, 0.15) is 0 Å². The van der Waals surface area contributed by atoms with Gasteiger partial charge in [0.2, 0.25) is 5.91 Å². The van der Waals surface area contributed by atoms with E-state index in [9.17, 15) is 4.79 Å². The normalized spacial score (nSPS) is 29.3. The summed E-state index contributed by atoms with van der Waals surface area (Å²) < 4.78 is 0.937. The molecule has 1 saturated carbocycles. The van der Waals surface area contributed by atoms with Crippen molar-refractivity contribution in [2.24, 2.45) is 11.8 Å². The zero-order valence-electron chi connectivity index (χ0n) is 11.1. The molecule has 2 fully saturated rings. The molecule has 0 aromatic heterocycles. The van der Waals surface area contributed by atoms with Gasteiger partial charge in [-0.2, -0.15) is 0 Å². The highest BCUT2D eigenvalue weighted by molar-refractivity contribution is 9.10. The van der Waals surface area contributed by atoms with Gasteiger partial charge in [0, 0.05) is 4.47 Å². The van der Waals surface area contributed by atoms with E-state index >= 15 is 0 Å². The standard InChI is InChI=1S/C15H19BrN2O/c1-9-5-6-12(16)13(7-9)18-15(19)14-11-4-2-3-10(11)8-17-14/h5-7,10-11,14,17H,2-4,8H2,1H3,(H,18,19). The Morgan fingerprint density at radius 3 is 3.11 bits per heavy atom. The number of rotatable bonds is 2. The Bertz CT molecular complexity index is 503. The second kappa shape index (κ2) is 5.25. The number of halogens is 1. The summed E-state index contributed by atoms with van der Waals surface area (Å²) in [6.45, 7) is 3.03. The second-order valence-corrected chi connectivity index (χ2v) is 6.57. The van der Waals surface area contributed by atoms with E-state index in [1.807, 2.05) is 25.1 Å². The fraction of sp³-hybridized carbons (Fsp3) is 0.533. The van der Waals surface area contributed by atoms with E-state index in [1.54, 1.807) is 0 Å². The van der Waals surface area contributed by atoms with Crippen LogP contribution in [0.1, 0.15) is 24.8 Å². The van der Waals surface area contributed by atoms with Crippen LogP contribution in [0, 0.1) is 18.8 Å². The average Bonchev–Trinajstić information content (AvgIpc) is 2.95. The molecular formula is C15H19BrN2O. The summed E-state index contributed by atoms with van der Waals surface area (Å²) in [5.74, 6) is 1.35. The maximum absolute atomic E-state index is 12.4. The lowest BCUT2D eigenvalue weighted by molar-refractivity contribution is -0.118. The number of hydrogen-bond acceptors (Lipinski definition) is 2. The van der Waals surface area contributed by atoms with Gasteiger partial charge in [0.05, 0.1) is 11.7 Å². The van der Waals surface area contributed by atoms with Crippen LogP contribution in [-0.2, 0) is 4.79 Å². The third kappa shape index (κ3) is 2.56. The summed E-state index contributed by atoms with van der Waals surface area (Å²) >= 11 is 3.49. The van der Waals surface area contributed by atoms with Gasteiger partial charge in [-0.1, -0.05) is 12.5 Å². The van der Waals surface area contributed by atoms with Gasteiger partial charge >= 0.3 is 0 Å². The monoisotopic (exact) mass is 322 g/mol. The second-order valence-electron chi connectivity index (χ2n) is 5.71. The summed E-state index contributed by atoms with van der Waals surface area (Å²) in [6, 6.07) is 5.99. The number of nitrogens with one attached hydrogen (secondary N) is 2. The third-order valence-corrected chi connectivity index (χ3v) is 5.10. The van der Waals surface area contributed by atoms with Crippen molar-refractivity contribution in [3.63, 3.8) is 0 Å². The van der Waals surface area contributed by atoms with Crippen LogP contribution in [-0.4, -0.2) is 18.5 Å². The quantitative estimate of drug-likeness (QED) is 0.878. The van der Waals surface area contributed by atoms with Crippen LogP contribution < -0.4 is 10.6 Å². The molecule has 1 amide bonds. The first-order valence-corrected chi connectivity index (χ1v) is 7.75. The summed E-state index contributed by atoms with van der Waals surface area (Å²) in [5.41, 5.74) is 2.02. The molecular weight excluding hydrogens is 304 g/mol. The van der Waals surface area contributed by atoms with Crippen molar-refractivity contribution < 1.29 is 4.79 Å². The van der Waals surface area contributed by atoms with E-state index in [1.165, 1.54) is 19.3 Å². The number of aryl methyl sites for hydroxylation is 1. The first kappa shape index (κ1) is 13.1. The molecule has 0 radical (unpaired) electrons. The lowest BCUT2D eigenvalue weighted by Gasteiger charge is -2.18. The number of anilines is 1. The van der Waals surface area contributed by atoms with Gasteiger partial charge in [0.25, 0.3) is 0 Å². The Labute approximate surface area is 122 Å². The maximum atomic E-state index is 12.4. The topological polar surface area (TPSA) is 41.1 Å². The molecule has 1 aromatic carbocycles. The first-order chi connectivity index (χ1) is 9.15. The van der Waals surface area contributed by atoms with Gasteiger partial charge in [-0.05, 0) is 71.8 Å². The Balaban J connectivity index is 1.73. The highest BCUT2D eigenvalue weighted by Crippen LogP contribution is 2.38. The highest BCUT2D eigenvalue weighted by atomic mass is 79.9. The van der Waals surface area contributed by atoms with E-state index in [0.717, 1.165) is 22.3 Å². The molecule has 3 rings (SSSR count). The molecule has 1 heterocycles. The zero-order valence-corrected chi connectivity index (χ0v) is 12.7. The molecule has 3 nitrogen and oxygen atoms in total. The molecule has 3 unspecified atom stereocenters. The fourth-order valence-electron chi connectivity index (χ4n) is 3.42. The molecule has 2 N–H and O–H groups in total. The van der Waals surface area contributed by atoms with E-state index in [-0.39, 0.29) is 11.9 Å². The smallest absolute Gasteiger partial charge is 0.241 e. The van der Waals surface area contributed by atoms with Crippen molar-refractivity contribution in [2.45, 2.75) is 32.2 Å². The molecule has 1 aliphatic carbocycles. The summed E-state index contributed by atoms with van der Waals surface area (Å²) in [5, 5.41) is 6.44. The summed E-state index contributed by atoms with van der Waals surface area (Å²) in [7, 11) is 0. The molecule has 1 aromatic rings. The minimum Gasteiger partial charge on any atom is -0.324 e. The average molecular weight is 323 g/mol. The number of benzene rings is 1. The number of carbonyl (C=O) groups is 1. The molecule has 102 valence electrons. The number of fused-ring (bicyclic) bond motifs is 1. The van der Waals surface area contributed by atoms with Crippen LogP contribution in [0.25, 0.3) is 0 Å². The van der Waals surface area contributed by atoms with Crippen LogP contribution in [0.3, 0.4) is 0 Å². The van der Waals surface area contributed by atoms with Crippen LogP contribution in [0.15, 0.2) is 22.7 Å². The zero-order chi connectivity index (χ0) is 13.4. The highest BCUT2D eigenvalue weighted by Gasteiger charge is 2.42. The SMILES string of the molecule is Cc1ccc(Br)c(NC(=O)C2NCC3CCCC32)c1. The van der Waals surface area contributed by atoms with Crippen LogP contribution >= 0.6 is 15.9 Å². The van der Waals surface area contributed by atoms with Crippen molar-refractivity contribution >= 4 is 27.5 Å². The van der Waals surface area contributed by atoms with Crippen molar-refractivity contribution in [3.05, 3.63) is 28.2 Å². The molecule has 1 saturated heterocycles. The lowest BCUT2D eigenvalue weighted by atomic mass is 9.93. The van der Waals surface area contributed by atoms with E-state index < -0.39 is 0 Å². The summed E-state index contributed by atoms with van der Waals surface area (Å²) in [6.07, 6.45) is 3.73. The first-order valence-electron chi connectivity index (χ1n) is 6.95. The van der Waals surface area contributed by atoms with Crippen molar-refractivity contribution in [1.29, 1.82) is 0 Å². The minimum atomic E-state index is -0.0140. The molecule has 19 heavy (non-hydrogen) atoms. The summed E-state index contributed by atoms with van der Waals surface area (Å²) in [4.78, 5) is 12.4. The van der Waals surface area contributed by atoms with Crippen molar-refractivity contribution in [3.8, 4) is 0 Å². The Hall–Kier alpha value is -0.870. The predicted octanol–water partition coefficient (Wildman–Crippen LogP) is 3.08. The van der Waals surface area contributed by atoms with E-state index in [2.05, 4.69) is 26.6 Å². The Morgan fingerprint density at radius 1 is 1.42 bits per heavy atom. The fourth-order valence-corrected chi connectivity index (χ4v) is 3.77. The molecule has 2 aliphatic rings. The van der Waals surface area contributed by atoms with Gasteiger partial charge < -0.3 is 10.6 Å². The number of amides is 1. The molecule has 0 spiro atoms. The van der Waals surface area contributed by atoms with Crippen molar-refractivity contribution in [2.75, 3.05) is 11.9 Å². The maximum Gasteiger partial charge on any atom is 0.241 e. The third-order valence-electron chi connectivity index (χ3n) is 4.41. The van der Waals surface area contributed by atoms with Crippen LogP contribution in [0.2, 0.25) is 0 Å². The molecule has 1 aliphatic heterocycles. The van der Waals surface area contributed by atoms with Gasteiger partial charge in [-0.25, -0.2) is 0 Å². The van der Waals surface area contributed by atoms with E-state index in [4.69, 9.17) is 0 Å². The number of carbonyl (C=O) groups excluding carboxylic acids is 1. The number of hydrogen-bond donors (Lipinski definition) is 2.